The van der Waals surface area contributed by atoms with Crippen molar-refractivity contribution < 1.29 is 14.3 Å². The lowest BCUT2D eigenvalue weighted by Crippen LogP contribution is -2.53. The fraction of sp³-hybridized carbons (Fsp3) is 0.619. The Morgan fingerprint density at radius 2 is 1.89 bits per heavy atom. The van der Waals surface area contributed by atoms with Crippen LogP contribution in [0.1, 0.15) is 39.2 Å². The van der Waals surface area contributed by atoms with Crippen LogP contribution in [0, 0.1) is 17.2 Å². The van der Waals surface area contributed by atoms with Crippen LogP contribution >= 0.6 is 0 Å². The van der Waals surface area contributed by atoms with Crippen LogP contribution < -0.4 is 10.1 Å². The minimum absolute atomic E-state index is 0.122. The van der Waals surface area contributed by atoms with E-state index in [1.165, 1.54) is 0 Å². The molecule has 1 fully saturated rings. The van der Waals surface area contributed by atoms with Crippen molar-refractivity contribution in [1.29, 1.82) is 5.26 Å². The van der Waals surface area contributed by atoms with Crippen LogP contribution in [-0.2, 0) is 9.53 Å². The molecule has 0 radical (unpaired) electrons. The minimum Gasteiger partial charge on any atom is -0.481 e. The SMILES string of the molecule is CCC(CC)C(CNC(=O)C(C)Oc1ccc(C#N)cc1)N1CCOCC1. The second kappa shape index (κ2) is 10.9. The number of nitrogens with one attached hydrogen (secondary N) is 1. The van der Waals surface area contributed by atoms with Gasteiger partial charge in [-0.15, -0.1) is 0 Å². The van der Waals surface area contributed by atoms with Crippen molar-refractivity contribution in [3.63, 3.8) is 0 Å². The van der Waals surface area contributed by atoms with E-state index in [1.54, 1.807) is 31.2 Å². The molecule has 0 aliphatic carbocycles. The van der Waals surface area contributed by atoms with E-state index in [0.717, 1.165) is 39.1 Å². The smallest absolute Gasteiger partial charge is 0.260 e. The largest absolute Gasteiger partial charge is 0.481 e. The quantitative estimate of drug-likeness (QED) is 0.720. The Kier molecular flexibility index (Phi) is 8.56. The maximum absolute atomic E-state index is 12.5. The van der Waals surface area contributed by atoms with Gasteiger partial charge < -0.3 is 14.8 Å². The van der Waals surface area contributed by atoms with E-state index in [-0.39, 0.29) is 5.91 Å². The summed E-state index contributed by atoms with van der Waals surface area (Å²) in [5.74, 6) is 1.00. The Labute approximate surface area is 162 Å². The first-order valence-electron chi connectivity index (χ1n) is 9.85. The van der Waals surface area contributed by atoms with Gasteiger partial charge >= 0.3 is 0 Å². The van der Waals surface area contributed by atoms with Crippen LogP contribution in [0.15, 0.2) is 24.3 Å². The van der Waals surface area contributed by atoms with Crippen LogP contribution in [0.25, 0.3) is 0 Å². The van der Waals surface area contributed by atoms with E-state index in [2.05, 4.69) is 30.1 Å². The number of amides is 1. The van der Waals surface area contributed by atoms with Crippen LogP contribution in [0.5, 0.6) is 5.75 Å². The number of benzene rings is 1. The molecule has 6 nitrogen and oxygen atoms in total. The highest BCUT2D eigenvalue weighted by molar-refractivity contribution is 5.80. The molecule has 2 rings (SSSR count). The highest BCUT2D eigenvalue weighted by Gasteiger charge is 2.28. The van der Waals surface area contributed by atoms with Gasteiger partial charge in [0.15, 0.2) is 6.10 Å². The number of carbonyl (C=O) groups is 1. The fourth-order valence-electron chi connectivity index (χ4n) is 3.55. The zero-order chi connectivity index (χ0) is 19.6. The number of ether oxygens (including phenoxy) is 2. The predicted octanol–water partition coefficient (Wildman–Crippen LogP) is 2.58. The summed E-state index contributed by atoms with van der Waals surface area (Å²) in [7, 11) is 0. The lowest BCUT2D eigenvalue weighted by Gasteiger charge is -2.39. The number of hydrogen-bond donors (Lipinski definition) is 1. The van der Waals surface area contributed by atoms with Crippen molar-refractivity contribution in [1.82, 2.24) is 10.2 Å². The summed E-state index contributed by atoms with van der Waals surface area (Å²) in [6.07, 6.45) is 1.59. The molecule has 1 amide bonds. The third-order valence-electron chi connectivity index (χ3n) is 5.26. The summed E-state index contributed by atoms with van der Waals surface area (Å²) < 4.78 is 11.2. The van der Waals surface area contributed by atoms with Gasteiger partial charge in [0.25, 0.3) is 5.91 Å². The number of rotatable bonds is 9. The zero-order valence-electron chi connectivity index (χ0n) is 16.6. The van der Waals surface area contributed by atoms with E-state index in [1.807, 2.05) is 0 Å². The van der Waals surface area contributed by atoms with E-state index in [9.17, 15) is 4.79 Å². The summed E-state index contributed by atoms with van der Waals surface area (Å²) in [4.78, 5) is 15.0. The van der Waals surface area contributed by atoms with Gasteiger partial charge in [0.05, 0.1) is 24.8 Å². The molecule has 2 unspecified atom stereocenters. The molecule has 0 aromatic heterocycles. The molecule has 1 N–H and O–H groups in total. The van der Waals surface area contributed by atoms with Gasteiger partial charge in [-0.3, -0.25) is 9.69 Å². The number of hydrogen-bond acceptors (Lipinski definition) is 5. The summed E-state index contributed by atoms with van der Waals surface area (Å²) >= 11 is 0. The average molecular weight is 373 g/mol. The third kappa shape index (κ3) is 6.23. The number of morpholine rings is 1. The van der Waals surface area contributed by atoms with Crippen molar-refractivity contribution in [3.8, 4) is 11.8 Å². The van der Waals surface area contributed by atoms with Gasteiger partial charge in [0.1, 0.15) is 5.75 Å². The molecule has 148 valence electrons. The second-order valence-corrected chi connectivity index (χ2v) is 6.93. The van der Waals surface area contributed by atoms with Gasteiger partial charge in [0.2, 0.25) is 0 Å². The molecule has 1 aliphatic heterocycles. The van der Waals surface area contributed by atoms with Crippen LogP contribution in [0.2, 0.25) is 0 Å². The second-order valence-electron chi connectivity index (χ2n) is 6.93. The molecule has 1 aliphatic rings. The van der Waals surface area contributed by atoms with Crippen molar-refractivity contribution in [2.75, 3.05) is 32.8 Å². The normalized spacial score (nSPS) is 17.1. The minimum atomic E-state index is -0.593. The van der Waals surface area contributed by atoms with Crippen molar-refractivity contribution in [2.45, 2.75) is 45.8 Å². The van der Waals surface area contributed by atoms with Gasteiger partial charge in [-0.1, -0.05) is 26.7 Å². The molecule has 0 spiro atoms. The maximum Gasteiger partial charge on any atom is 0.260 e. The first-order chi connectivity index (χ1) is 13.1. The maximum atomic E-state index is 12.5. The van der Waals surface area contributed by atoms with E-state index in [4.69, 9.17) is 14.7 Å². The number of nitrogens with zero attached hydrogens (tertiary/aromatic N) is 2. The molecule has 1 heterocycles. The topological polar surface area (TPSA) is 74.6 Å². The van der Waals surface area contributed by atoms with Crippen LogP contribution in [0.4, 0.5) is 0 Å². The van der Waals surface area contributed by atoms with Crippen LogP contribution in [0.3, 0.4) is 0 Å². The number of carbonyl (C=O) groups excluding carboxylic acids is 1. The highest BCUT2D eigenvalue weighted by Crippen LogP contribution is 2.20. The Bertz CT molecular complexity index is 617. The van der Waals surface area contributed by atoms with Crippen molar-refractivity contribution >= 4 is 5.91 Å². The first kappa shape index (κ1) is 21.2. The zero-order valence-corrected chi connectivity index (χ0v) is 16.6. The van der Waals surface area contributed by atoms with Gasteiger partial charge in [-0.05, 0) is 37.1 Å². The summed E-state index contributed by atoms with van der Waals surface area (Å²) in [5.41, 5.74) is 0.568. The van der Waals surface area contributed by atoms with Crippen LogP contribution in [-0.4, -0.2) is 55.8 Å². The summed E-state index contributed by atoms with van der Waals surface area (Å²) in [5, 5.41) is 11.9. The van der Waals surface area contributed by atoms with E-state index >= 15 is 0 Å². The molecule has 1 aromatic carbocycles. The summed E-state index contributed by atoms with van der Waals surface area (Å²) in [6, 6.07) is 9.17. The Morgan fingerprint density at radius 3 is 2.44 bits per heavy atom. The van der Waals surface area contributed by atoms with Crippen molar-refractivity contribution in [3.05, 3.63) is 29.8 Å². The third-order valence-corrected chi connectivity index (χ3v) is 5.26. The van der Waals surface area contributed by atoms with Gasteiger partial charge in [-0.2, -0.15) is 5.26 Å². The molecule has 1 aromatic rings. The van der Waals surface area contributed by atoms with Gasteiger partial charge in [0, 0.05) is 25.7 Å². The molecule has 27 heavy (non-hydrogen) atoms. The van der Waals surface area contributed by atoms with E-state index < -0.39 is 6.10 Å². The Balaban J connectivity index is 1.91. The highest BCUT2D eigenvalue weighted by atomic mass is 16.5. The molecular weight excluding hydrogens is 342 g/mol. The molecule has 6 heteroatoms. The predicted molar refractivity (Wildman–Crippen MR) is 105 cm³/mol. The Morgan fingerprint density at radius 1 is 1.26 bits per heavy atom. The van der Waals surface area contributed by atoms with Crippen molar-refractivity contribution in [2.24, 2.45) is 5.92 Å². The first-order valence-corrected chi connectivity index (χ1v) is 9.85. The Hall–Kier alpha value is -2.10. The lowest BCUT2D eigenvalue weighted by atomic mass is 9.92. The molecular formula is C21H31N3O3. The molecule has 0 saturated carbocycles. The summed E-state index contributed by atoms with van der Waals surface area (Å²) in [6.45, 7) is 10.1. The average Bonchev–Trinajstić information content (AvgIpc) is 2.72. The molecule has 2 atom stereocenters. The fourth-order valence-corrected chi connectivity index (χ4v) is 3.55. The van der Waals surface area contributed by atoms with E-state index in [0.29, 0.717) is 29.8 Å². The monoisotopic (exact) mass is 373 g/mol. The molecule has 0 bridgehead atoms. The standard InChI is InChI=1S/C21H31N3O3/c1-4-18(5-2)20(24-10-12-26-13-11-24)15-23-21(25)16(3)27-19-8-6-17(14-22)7-9-19/h6-9,16,18,20H,4-5,10-13,15H2,1-3H3,(H,23,25). The number of nitriles is 1. The lowest BCUT2D eigenvalue weighted by molar-refractivity contribution is -0.127. The van der Waals surface area contributed by atoms with Gasteiger partial charge in [-0.25, -0.2) is 0 Å². The molecule has 1 saturated heterocycles.